The van der Waals surface area contributed by atoms with Gasteiger partial charge in [0.25, 0.3) is 0 Å². The van der Waals surface area contributed by atoms with E-state index < -0.39 is 0 Å². The molecule has 0 unspecified atom stereocenters. The molecule has 0 bridgehead atoms. The van der Waals surface area contributed by atoms with Crippen LogP contribution in [0, 0.1) is 0 Å². The molecule has 7 nitrogen and oxygen atoms in total. The second kappa shape index (κ2) is 12.7. The first-order valence-electron chi connectivity index (χ1n) is 13.6. The fourth-order valence-electron chi connectivity index (χ4n) is 5.00. The predicted molar refractivity (Wildman–Crippen MR) is 152 cm³/mol. The Morgan fingerprint density at radius 3 is 2.56 bits per heavy atom. The third-order valence-electron chi connectivity index (χ3n) is 7.13. The summed E-state index contributed by atoms with van der Waals surface area (Å²) >= 11 is 0. The van der Waals surface area contributed by atoms with E-state index in [1.165, 1.54) is 11.3 Å². The van der Waals surface area contributed by atoms with Crippen molar-refractivity contribution in [2.45, 2.75) is 45.8 Å². The highest BCUT2D eigenvalue weighted by Gasteiger charge is 2.18. The van der Waals surface area contributed by atoms with Gasteiger partial charge in [-0.2, -0.15) is 0 Å². The summed E-state index contributed by atoms with van der Waals surface area (Å²) in [5.41, 5.74) is 4.69. The number of imidazole rings is 1. The SMILES string of the molecule is CCCCn1c(CN(CCc2ccc(OC)cc2OC)Cc2ccc3c(c2)OCO3)cnc1-c1ccccc1. The number of aromatic nitrogens is 2. The van der Waals surface area contributed by atoms with Crippen molar-refractivity contribution in [1.82, 2.24) is 14.5 Å². The van der Waals surface area contributed by atoms with Gasteiger partial charge in [-0.15, -0.1) is 0 Å². The van der Waals surface area contributed by atoms with Crippen molar-refractivity contribution < 1.29 is 18.9 Å². The Morgan fingerprint density at radius 1 is 0.923 bits per heavy atom. The van der Waals surface area contributed by atoms with E-state index in [1.807, 2.05) is 30.5 Å². The van der Waals surface area contributed by atoms with E-state index in [0.717, 1.165) is 85.4 Å². The summed E-state index contributed by atoms with van der Waals surface area (Å²) in [5.74, 6) is 4.28. The number of hydrogen-bond acceptors (Lipinski definition) is 6. The van der Waals surface area contributed by atoms with E-state index in [4.69, 9.17) is 23.9 Å². The van der Waals surface area contributed by atoms with Crippen LogP contribution in [-0.4, -0.2) is 42.0 Å². The minimum absolute atomic E-state index is 0.276. The zero-order valence-corrected chi connectivity index (χ0v) is 23.1. The molecule has 0 atom stereocenters. The summed E-state index contributed by atoms with van der Waals surface area (Å²) in [6.45, 7) is 5.84. The number of benzene rings is 3. The lowest BCUT2D eigenvalue weighted by molar-refractivity contribution is 0.174. The van der Waals surface area contributed by atoms with E-state index in [1.54, 1.807) is 14.2 Å². The molecule has 39 heavy (non-hydrogen) atoms. The number of methoxy groups -OCH3 is 2. The third-order valence-corrected chi connectivity index (χ3v) is 7.13. The quantitative estimate of drug-likeness (QED) is 0.202. The molecule has 0 N–H and O–H groups in total. The molecule has 1 aromatic heterocycles. The number of rotatable bonds is 13. The highest BCUT2D eigenvalue weighted by atomic mass is 16.7. The lowest BCUT2D eigenvalue weighted by atomic mass is 10.1. The minimum atomic E-state index is 0.276. The summed E-state index contributed by atoms with van der Waals surface area (Å²) in [6.07, 6.45) is 5.11. The smallest absolute Gasteiger partial charge is 0.231 e. The Kier molecular flexibility index (Phi) is 8.68. The molecule has 5 rings (SSSR count). The van der Waals surface area contributed by atoms with Gasteiger partial charge in [-0.1, -0.05) is 55.8 Å². The van der Waals surface area contributed by atoms with Crippen LogP contribution in [0.3, 0.4) is 0 Å². The number of fused-ring (bicyclic) bond motifs is 1. The second-order valence-electron chi connectivity index (χ2n) is 9.77. The Morgan fingerprint density at radius 2 is 1.77 bits per heavy atom. The van der Waals surface area contributed by atoms with E-state index in [0.29, 0.717) is 0 Å². The van der Waals surface area contributed by atoms with Crippen LogP contribution in [0.5, 0.6) is 23.0 Å². The number of unbranched alkanes of at least 4 members (excludes halogenated alkanes) is 1. The van der Waals surface area contributed by atoms with Crippen molar-refractivity contribution in [2.24, 2.45) is 0 Å². The standard InChI is InChI=1S/C32H37N3O4/c1-4-5-16-35-27(20-33-32(35)26-9-7-6-8-10-26)22-34(21-24-11-14-29-31(18-24)39-23-38-29)17-15-25-12-13-28(36-2)19-30(25)37-3/h6-14,18-20H,4-5,15-17,21-23H2,1-3H3. The molecule has 0 aliphatic carbocycles. The van der Waals surface area contributed by atoms with Gasteiger partial charge < -0.3 is 23.5 Å². The molecule has 0 saturated heterocycles. The molecule has 2 heterocycles. The van der Waals surface area contributed by atoms with E-state index in [-0.39, 0.29) is 6.79 Å². The van der Waals surface area contributed by atoms with Gasteiger partial charge in [-0.25, -0.2) is 4.98 Å². The number of nitrogens with zero attached hydrogens (tertiary/aromatic N) is 3. The number of ether oxygens (including phenoxy) is 4. The van der Waals surface area contributed by atoms with Crippen LogP contribution < -0.4 is 18.9 Å². The Labute approximate surface area is 230 Å². The molecule has 1 aliphatic rings. The summed E-state index contributed by atoms with van der Waals surface area (Å²) in [5, 5.41) is 0. The van der Waals surface area contributed by atoms with Crippen LogP contribution in [0.2, 0.25) is 0 Å². The number of hydrogen-bond donors (Lipinski definition) is 0. The summed E-state index contributed by atoms with van der Waals surface area (Å²) in [7, 11) is 3.38. The highest BCUT2D eigenvalue weighted by molar-refractivity contribution is 5.56. The molecule has 7 heteroatoms. The zero-order chi connectivity index (χ0) is 27.0. The van der Waals surface area contributed by atoms with E-state index in [9.17, 15) is 0 Å². The van der Waals surface area contributed by atoms with Crippen LogP contribution in [0.4, 0.5) is 0 Å². The average Bonchev–Trinajstić information content (AvgIpc) is 3.61. The van der Waals surface area contributed by atoms with Crippen LogP contribution in [0.15, 0.2) is 72.9 Å². The molecule has 4 aromatic rings. The molecule has 0 amide bonds. The molecule has 3 aromatic carbocycles. The maximum atomic E-state index is 5.68. The molecule has 0 fully saturated rings. The molecular formula is C32H37N3O4. The molecule has 0 spiro atoms. The monoisotopic (exact) mass is 527 g/mol. The van der Waals surface area contributed by atoms with Gasteiger partial charge in [0, 0.05) is 37.8 Å². The Bertz CT molecular complexity index is 1370. The van der Waals surface area contributed by atoms with Crippen LogP contribution in [0.25, 0.3) is 11.4 Å². The minimum Gasteiger partial charge on any atom is -0.497 e. The Hall–Kier alpha value is -3.97. The second-order valence-corrected chi connectivity index (χ2v) is 9.77. The molecule has 204 valence electrons. The zero-order valence-electron chi connectivity index (χ0n) is 23.1. The first-order valence-corrected chi connectivity index (χ1v) is 13.6. The summed E-state index contributed by atoms with van der Waals surface area (Å²) < 4.78 is 24.6. The maximum Gasteiger partial charge on any atom is 0.231 e. The fourth-order valence-corrected chi connectivity index (χ4v) is 5.00. The largest absolute Gasteiger partial charge is 0.497 e. The fraction of sp³-hybridized carbons (Fsp3) is 0.344. The highest BCUT2D eigenvalue weighted by Crippen LogP contribution is 2.33. The average molecular weight is 528 g/mol. The van der Waals surface area contributed by atoms with Crippen LogP contribution >= 0.6 is 0 Å². The van der Waals surface area contributed by atoms with Gasteiger partial charge in [-0.3, -0.25) is 4.90 Å². The summed E-state index contributed by atoms with van der Waals surface area (Å²) in [4.78, 5) is 7.34. The Balaban J connectivity index is 1.42. The van der Waals surface area contributed by atoms with Crippen molar-refractivity contribution in [1.29, 1.82) is 0 Å². The molecule has 1 aliphatic heterocycles. The molecule has 0 saturated carbocycles. The topological polar surface area (TPSA) is 58.0 Å². The van der Waals surface area contributed by atoms with Gasteiger partial charge >= 0.3 is 0 Å². The van der Waals surface area contributed by atoms with Crippen molar-refractivity contribution >= 4 is 0 Å². The van der Waals surface area contributed by atoms with Crippen molar-refractivity contribution in [3.8, 4) is 34.4 Å². The van der Waals surface area contributed by atoms with Gasteiger partial charge in [0.1, 0.15) is 17.3 Å². The first-order chi connectivity index (χ1) is 19.2. The summed E-state index contributed by atoms with van der Waals surface area (Å²) in [6, 6.07) is 22.7. The lowest BCUT2D eigenvalue weighted by Gasteiger charge is -2.24. The van der Waals surface area contributed by atoms with Gasteiger partial charge in [0.2, 0.25) is 6.79 Å². The lowest BCUT2D eigenvalue weighted by Crippen LogP contribution is -2.27. The van der Waals surface area contributed by atoms with Crippen molar-refractivity contribution in [3.63, 3.8) is 0 Å². The predicted octanol–water partition coefficient (Wildman–Crippen LogP) is 6.34. The van der Waals surface area contributed by atoms with Crippen LogP contribution in [-0.2, 0) is 26.1 Å². The maximum absolute atomic E-state index is 5.68. The van der Waals surface area contributed by atoms with Gasteiger partial charge in [-0.05, 0) is 42.2 Å². The van der Waals surface area contributed by atoms with E-state index in [2.05, 4.69) is 58.9 Å². The van der Waals surface area contributed by atoms with Gasteiger partial charge in [0.05, 0.1) is 26.1 Å². The van der Waals surface area contributed by atoms with Crippen molar-refractivity contribution in [2.75, 3.05) is 27.6 Å². The van der Waals surface area contributed by atoms with Gasteiger partial charge in [0.15, 0.2) is 11.5 Å². The normalized spacial score (nSPS) is 12.2. The van der Waals surface area contributed by atoms with Crippen LogP contribution in [0.1, 0.15) is 36.6 Å². The molecular weight excluding hydrogens is 490 g/mol. The van der Waals surface area contributed by atoms with E-state index >= 15 is 0 Å². The third kappa shape index (κ3) is 6.37. The first kappa shape index (κ1) is 26.6. The van der Waals surface area contributed by atoms with Crippen molar-refractivity contribution in [3.05, 3.63) is 89.7 Å². The molecule has 0 radical (unpaired) electrons.